The number of aryl methyl sites for hydroxylation is 1. The molecule has 1 fully saturated rings. The Morgan fingerprint density at radius 1 is 1.13 bits per heavy atom. The average molecular weight is 436 g/mol. The Balaban J connectivity index is 1.50. The largest absolute Gasteiger partial charge is 0.337 e. The number of rotatable bonds is 4. The number of amides is 2. The Hall–Kier alpha value is -3.32. The molecule has 0 saturated carbocycles. The smallest absolute Gasteiger partial charge is 0.272 e. The van der Waals surface area contributed by atoms with Crippen LogP contribution in [-0.4, -0.2) is 44.8 Å². The fourth-order valence-electron chi connectivity index (χ4n) is 3.61. The van der Waals surface area contributed by atoms with Crippen LogP contribution in [0.15, 0.2) is 54.7 Å². The fraction of sp³-hybridized carbons (Fsp3) is 0.261. The zero-order valence-electron chi connectivity index (χ0n) is 17.1. The van der Waals surface area contributed by atoms with E-state index in [0.29, 0.717) is 41.1 Å². The molecule has 2 aromatic heterocycles. The van der Waals surface area contributed by atoms with Gasteiger partial charge >= 0.3 is 0 Å². The Kier molecular flexibility index (Phi) is 6.23. The van der Waals surface area contributed by atoms with E-state index in [0.717, 1.165) is 18.4 Å². The van der Waals surface area contributed by atoms with Crippen LogP contribution in [0.5, 0.6) is 0 Å². The third kappa shape index (κ3) is 5.06. The average Bonchev–Trinajstić information content (AvgIpc) is 2.79. The van der Waals surface area contributed by atoms with Crippen molar-refractivity contribution in [3.63, 3.8) is 0 Å². The fourth-order valence-corrected chi connectivity index (χ4v) is 3.73. The van der Waals surface area contributed by atoms with Crippen LogP contribution in [-0.2, 0) is 4.79 Å². The monoisotopic (exact) mass is 435 g/mol. The van der Waals surface area contributed by atoms with Gasteiger partial charge in [0.25, 0.3) is 5.91 Å². The summed E-state index contributed by atoms with van der Waals surface area (Å²) < 4.78 is 0. The maximum Gasteiger partial charge on any atom is 0.272 e. The summed E-state index contributed by atoms with van der Waals surface area (Å²) in [4.78, 5) is 40.6. The van der Waals surface area contributed by atoms with Gasteiger partial charge in [-0.25, -0.2) is 15.0 Å². The lowest BCUT2D eigenvalue weighted by Crippen LogP contribution is -2.44. The standard InChI is InChI=1S/C23H22ClN5O2/c1-15-13-19(27-21(26-15)16-7-9-18(24)10-8-16)23(31)29-12-4-5-17(14-29)22(30)28-20-6-2-3-11-25-20/h2-3,6-11,13,17H,4-5,12,14H2,1H3,(H,25,28,30)/t17-/m1/s1. The minimum Gasteiger partial charge on any atom is -0.337 e. The second-order valence-corrected chi connectivity index (χ2v) is 7.96. The van der Waals surface area contributed by atoms with E-state index in [-0.39, 0.29) is 17.7 Å². The van der Waals surface area contributed by atoms with E-state index in [1.807, 2.05) is 25.1 Å². The molecule has 0 unspecified atom stereocenters. The highest BCUT2D eigenvalue weighted by Crippen LogP contribution is 2.22. The number of carbonyl (C=O) groups is 2. The van der Waals surface area contributed by atoms with Gasteiger partial charge in [0.1, 0.15) is 11.5 Å². The highest BCUT2D eigenvalue weighted by atomic mass is 35.5. The maximum absolute atomic E-state index is 13.2. The van der Waals surface area contributed by atoms with Gasteiger partial charge in [-0.15, -0.1) is 0 Å². The number of piperidine rings is 1. The molecule has 0 bridgehead atoms. The first-order valence-corrected chi connectivity index (χ1v) is 10.5. The molecule has 0 radical (unpaired) electrons. The number of pyridine rings is 1. The summed E-state index contributed by atoms with van der Waals surface area (Å²) in [5, 5.41) is 3.45. The van der Waals surface area contributed by atoms with Crippen molar-refractivity contribution in [2.75, 3.05) is 18.4 Å². The number of nitrogens with zero attached hydrogens (tertiary/aromatic N) is 4. The zero-order chi connectivity index (χ0) is 21.8. The molecule has 4 rings (SSSR count). The molecule has 1 saturated heterocycles. The van der Waals surface area contributed by atoms with Crippen LogP contribution in [0, 0.1) is 12.8 Å². The van der Waals surface area contributed by atoms with Gasteiger partial charge < -0.3 is 10.2 Å². The highest BCUT2D eigenvalue weighted by molar-refractivity contribution is 6.30. The molecule has 1 aliphatic heterocycles. The van der Waals surface area contributed by atoms with E-state index in [4.69, 9.17) is 11.6 Å². The summed E-state index contributed by atoms with van der Waals surface area (Å²) >= 11 is 5.97. The number of nitrogens with one attached hydrogen (secondary N) is 1. The number of carbonyl (C=O) groups excluding carboxylic acids is 2. The highest BCUT2D eigenvalue weighted by Gasteiger charge is 2.30. The van der Waals surface area contributed by atoms with Crippen molar-refractivity contribution < 1.29 is 9.59 Å². The number of hydrogen-bond acceptors (Lipinski definition) is 5. The number of likely N-dealkylation sites (tertiary alicyclic amines) is 1. The first-order valence-electron chi connectivity index (χ1n) is 10.1. The molecule has 7 nitrogen and oxygen atoms in total. The van der Waals surface area contributed by atoms with E-state index in [2.05, 4.69) is 20.3 Å². The first-order chi connectivity index (χ1) is 15.0. The van der Waals surface area contributed by atoms with Gasteiger partial charge in [-0.05, 0) is 62.2 Å². The molecule has 1 aliphatic rings. The molecule has 3 aromatic rings. The molecule has 1 aromatic carbocycles. The van der Waals surface area contributed by atoms with Gasteiger partial charge in [0, 0.05) is 35.6 Å². The number of hydrogen-bond donors (Lipinski definition) is 1. The summed E-state index contributed by atoms with van der Waals surface area (Å²) in [6.45, 7) is 2.76. The van der Waals surface area contributed by atoms with Crippen molar-refractivity contribution in [2.24, 2.45) is 5.92 Å². The van der Waals surface area contributed by atoms with Crippen molar-refractivity contribution in [1.29, 1.82) is 0 Å². The summed E-state index contributed by atoms with van der Waals surface area (Å²) in [6, 6.07) is 14.2. The molecule has 158 valence electrons. The van der Waals surface area contributed by atoms with Crippen LogP contribution < -0.4 is 5.32 Å². The van der Waals surface area contributed by atoms with Gasteiger partial charge in [-0.1, -0.05) is 17.7 Å². The number of benzene rings is 1. The van der Waals surface area contributed by atoms with Crippen LogP contribution in [0.3, 0.4) is 0 Å². The molecule has 0 aliphatic carbocycles. The van der Waals surface area contributed by atoms with E-state index < -0.39 is 0 Å². The van der Waals surface area contributed by atoms with E-state index >= 15 is 0 Å². The quantitative estimate of drug-likeness (QED) is 0.669. The molecule has 31 heavy (non-hydrogen) atoms. The Morgan fingerprint density at radius 3 is 2.68 bits per heavy atom. The lowest BCUT2D eigenvalue weighted by atomic mass is 9.96. The van der Waals surface area contributed by atoms with Gasteiger partial charge in [0.05, 0.1) is 5.92 Å². The molecule has 2 amide bonds. The Bertz CT molecular complexity index is 1090. The lowest BCUT2D eigenvalue weighted by molar-refractivity contribution is -0.121. The van der Waals surface area contributed by atoms with Crippen LogP contribution >= 0.6 is 11.6 Å². The van der Waals surface area contributed by atoms with Crippen LogP contribution in [0.2, 0.25) is 5.02 Å². The SMILES string of the molecule is Cc1cc(C(=O)N2CCC[C@@H](C(=O)Nc3ccccn3)C2)nc(-c2ccc(Cl)cc2)n1. The minimum atomic E-state index is -0.293. The number of anilines is 1. The van der Waals surface area contributed by atoms with Crippen molar-refractivity contribution >= 4 is 29.2 Å². The number of aromatic nitrogens is 3. The molecule has 0 spiro atoms. The second-order valence-electron chi connectivity index (χ2n) is 7.52. The van der Waals surface area contributed by atoms with Crippen LogP contribution in [0.25, 0.3) is 11.4 Å². The molecule has 1 atom stereocenters. The minimum absolute atomic E-state index is 0.128. The lowest BCUT2D eigenvalue weighted by Gasteiger charge is -2.31. The van der Waals surface area contributed by atoms with E-state index in [1.54, 1.807) is 41.4 Å². The predicted molar refractivity (Wildman–Crippen MR) is 119 cm³/mol. The molecule has 3 heterocycles. The summed E-state index contributed by atoms with van der Waals surface area (Å²) in [5.41, 5.74) is 1.81. The second kappa shape index (κ2) is 9.22. The summed E-state index contributed by atoms with van der Waals surface area (Å²) in [7, 11) is 0. The molecule has 1 N–H and O–H groups in total. The third-order valence-corrected chi connectivity index (χ3v) is 5.42. The Labute approximate surface area is 185 Å². The topological polar surface area (TPSA) is 88.1 Å². The zero-order valence-corrected chi connectivity index (χ0v) is 17.8. The van der Waals surface area contributed by atoms with Crippen molar-refractivity contribution in [3.05, 3.63) is 71.1 Å². The maximum atomic E-state index is 13.2. The van der Waals surface area contributed by atoms with Crippen molar-refractivity contribution in [3.8, 4) is 11.4 Å². The number of halogens is 1. The van der Waals surface area contributed by atoms with Crippen molar-refractivity contribution in [1.82, 2.24) is 19.9 Å². The third-order valence-electron chi connectivity index (χ3n) is 5.17. The molecular formula is C23H22ClN5O2. The normalized spacial score (nSPS) is 16.1. The van der Waals surface area contributed by atoms with E-state index in [1.165, 1.54) is 0 Å². The summed E-state index contributed by atoms with van der Waals surface area (Å²) in [5.74, 6) is 0.364. The molecular weight excluding hydrogens is 414 g/mol. The van der Waals surface area contributed by atoms with Crippen molar-refractivity contribution in [2.45, 2.75) is 19.8 Å². The van der Waals surface area contributed by atoms with Gasteiger partial charge in [0.2, 0.25) is 5.91 Å². The first kappa shape index (κ1) is 20.9. The van der Waals surface area contributed by atoms with Crippen LogP contribution in [0.4, 0.5) is 5.82 Å². The van der Waals surface area contributed by atoms with Crippen LogP contribution in [0.1, 0.15) is 29.0 Å². The predicted octanol–water partition coefficient (Wildman–Crippen LogP) is 3.99. The Morgan fingerprint density at radius 2 is 1.94 bits per heavy atom. The van der Waals surface area contributed by atoms with Gasteiger partial charge in [0.15, 0.2) is 5.82 Å². The molecule has 8 heteroatoms. The summed E-state index contributed by atoms with van der Waals surface area (Å²) in [6.07, 6.45) is 3.10. The van der Waals surface area contributed by atoms with Gasteiger partial charge in [-0.2, -0.15) is 0 Å². The van der Waals surface area contributed by atoms with E-state index in [9.17, 15) is 9.59 Å². The van der Waals surface area contributed by atoms with Gasteiger partial charge in [-0.3, -0.25) is 9.59 Å².